The lowest BCUT2D eigenvalue weighted by Crippen LogP contribution is -2.44. The van der Waals surface area contributed by atoms with E-state index in [4.69, 9.17) is 4.74 Å². The third-order valence-corrected chi connectivity index (χ3v) is 4.19. The van der Waals surface area contributed by atoms with Crippen LogP contribution in [0.4, 0.5) is 0 Å². The molecular weight excluding hydrogens is 212 g/mol. The quantitative estimate of drug-likeness (QED) is 0.735. The molecule has 2 aliphatic rings. The van der Waals surface area contributed by atoms with Crippen LogP contribution in [0.15, 0.2) is 0 Å². The van der Waals surface area contributed by atoms with E-state index in [1.54, 1.807) is 7.11 Å². The zero-order valence-corrected chi connectivity index (χ0v) is 11.5. The van der Waals surface area contributed by atoms with Gasteiger partial charge in [0.15, 0.2) is 0 Å². The molecule has 1 heterocycles. The predicted molar refractivity (Wildman–Crippen MR) is 71.3 cm³/mol. The van der Waals surface area contributed by atoms with Crippen LogP contribution in [0, 0.1) is 5.92 Å². The minimum absolute atomic E-state index is 0.679. The SMILES string of the molecule is COCCC(C)N1CCCC(CNC2CC2)C1. The number of nitrogens with zero attached hydrogens (tertiary/aromatic N) is 1. The van der Waals surface area contributed by atoms with Gasteiger partial charge in [-0.3, -0.25) is 0 Å². The van der Waals surface area contributed by atoms with Gasteiger partial charge in [0.25, 0.3) is 0 Å². The van der Waals surface area contributed by atoms with Gasteiger partial charge < -0.3 is 15.0 Å². The Bertz CT molecular complexity index is 218. The van der Waals surface area contributed by atoms with Crippen LogP contribution in [-0.4, -0.2) is 50.3 Å². The Morgan fingerprint density at radius 1 is 1.35 bits per heavy atom. The fraction of sp³-hybridized carbons (Fsp3) is 1.00. The first-order chi connectivity index (χ1) is 8.29. The maximum absolute atomic E-state index is 5.18. The highest BCUT2D eigenvalue weighted by Gasteiger charge is 2.26. The molecule has 0 aromatic heterocycles. The van der Waals surface area contributed by atoms with Crippen molar-refractivity contribution in [2.45, 2.75) is 51.1 Å². The minimum atomic E-state index is 0.679. The van der Waals surface area contributed by atoms with Gasteiger partial charge in [-0.05, 0) is 58.0 Å². The highest BCUT2D eigenvalue weighted by Crippen LogP contribution is 2.22. The molecule has 100 valence electrons. The Hall–Kier alpha value is -0.120. The Balaban J connectivity index is 1.67. The van der Waals surface area contributed by atoms with Crippen LogP contribution >= 0.6 is 0 Å². The third kappa shape index (κ3) is 4.57. The summed E-state index contributed by atoms with van der Waals surface area (Å²) < 4.78 is 5.18. The van der Waals surface area contributed by atoms with Crippen molar-refractivity contribution in [2.24, 2.45) is 5.92 Å². The van der Waals surface area contributed by atoms with Crippen molar-refractivity contribution in [1.82, 2.24) is 10.2 Å². The summed E-state index contributed by atoms with van der Waals surface area (Å²) in [6.45, 7) is 7.03. The van der Waals surface area contributed by atoms with Crippen LogP contribution in [0.5, 0.6) is 0 Å². The molecule has 0 radical (unpaired) electrons. The first kappa shape index (κ1) is 13.3. The lowest BCUT2D eigenvalue weighted by Gasteiger charge is -2.37. The van der Waals surface area contributed by atoms with Gasteiger partial charge in [0.1, 0.15) is 0 Å². The number of ether oxygens (including phenoxy) is 1. The Morgan fingerprint density at radius 3 is 2.88 bits per heavy atom. The van der Waals surface area contributed by atoms with Crippen LogP contribution < -0.4 is 5.32 Å². The lowest BCUT2D eigenvalue weighted by atomic mass is 9.96. The van der Waals surface area contributed by atoms with Crippen LogP contribution in [-0.2, 0) is 4.74 Å². The molecular formula is C14H28N2O. The predicted octanol–water partition coefficient (Wildman–Crippen LogP) is 1.88. The van der Waals surface area contributed by atoms with Gasteiger partial charge in [0, 0.05) is 32.3 Å². The van der Waals surface area contributed by atoms with Crippen LogP contribution in [0.25, 0.3) is 0 Å². The monoisotopic (exact) mass is 240 g/mol. The molecule has 2 unspecified atom stereocenters. The molecule has 0 bridgehead atoms. The van der Waals surface area contributed by atoms with E-state index in [9.17, 15) is 0 Å². The molecule has 1 aliphatic carbocycles. The van der Waals surface area contributed by atoms with Gasteiger partial charge in [0.2, 0.25) is 0 Å². The molecule has 2 fully saturated rings. The normalized spacial score (nSPS) is 28.2. The fourth-order valence-corrected chi connectivity index (χ4v) is 2.76. The molecule has 17 heavy (non-hydrogen) atoms. The number of piperidine rings is 1. The average Bonchev–Trinajstić information content (AvgIpc) is 3.18. The maximum atomic E-state index is 5.18. The van der Waals surface area contributed by atoms with E-state index in [0.29, 0.717) is 6.04 Å². The summed E-state index contributed by atoms with van der Waals surface area (Å²) in [5.41, 5.74) is 0. The molecule has 0 aromatic carbocycles. The zero-order valence-electron chi connectivity index (χ0n) is 11.5. The third-order valence-electron chi connectivity index (χ3n) is 4.19. The topological polar surface area (TPSA) is 24.5 Å². The van der Waals surface area contributed by atoms with Crippen molar-refractivity contribution in [3.63, 3.8) is 0 Å². The van der Waals surface area contributed by atoms with Gasteiger partial charge in [-0.25, -0.2) is 0 Å². The fourth-order valence-electron chi connectivity index (χ4n) is 2.76. The summed E-state index contributed by atoms with van der Waals surface area (Å²) in [6.07, 6.45) is 6.75. The summed E-state index contributed by atoms with van der Waals surface area (Å²) >= 11 is 0. The number of methoxy groups -OCH3 is 1. The molecule has 3 nitrogen and oxygen atoms in total. The van der Waals surface area contributed by atoms with E-state index in [1.807, 2.05) is 0 Å². The summed E-state index contributed by atoms with van der Waals surface area (Å²) in [6, 6.07) is 1.54. The number of nitrogens with one attached hydrogen (secondary N) is 1. The van der Waals surface area contributed by atoms with Crippen LogP contribution in [0.1, 0.15) is 39.0 Å². The summed E-state index contributed by atoms with van der Waals surface area (Å²) in [5, 5.41) is 3.68. The molecule has 1 saturated heterocycles. The molecule has 2 atom stereocenters. The molecule has 1 N–H and O–H groups in total. The van der Waals surface area contributed by atoms with E-state index in [1.165, 1.54) is 51.7 Å². The first-order valence-corrected chi connectivity index (χ1v) is 7.26. The number of hydrogen-bond acceptors (Lipinski definition) is 3. The van der Waals surface area contributed by atoms with Gasteiger partial charge in [-0.15, -0.1) is 0 Å². The first-order valence-electron chi connectivity index (χ1n) is 7.26. The maximum Gasteiger partial charge on any atom is 0.0477 e. The van der Waals surface area contributed by atoms with Gasteiger partial charge >= 0.3 is 0 Å². The molecule has 1 saturated carbocycles. The largest absolute Gasteiger partial charge is 0.385 e. The minimum Gasteiger partial charge on any atom is -0.385 e. The highest BCUT2D eigenvalue weighted by molar-refractivity contribution is 4.84. The van der Waals surface area contributed by atoms with Crippen molar-refractivity contribution >= 4 is 0 Å². The Kier molecular flexibility index (Phi) is 5.26. The van der Waals surface area contributed by atoms with E-state index < -0.39 is 0 Å². The summed E-state index contributed by atoms with van der Waals surface area (Å²) in [5.74, 6) is 0.870. The average molecular weight is 240 g/mol. The van der Waals surface area contributed by atoms with Gasteiger partial charge in [-0.1, -0.05) is 0 Å². The summed E-state index contributed by atoms with van der Waals surface area (Å²) in [4.78, 5) is 2.65. The van der Waals surface area contributed by atoms with Gasteiger partial charge in [-0.2, -0.15) is 0 Å². The van der Waals surface area contributed by atoms with Gasteiger partial charge in [0.05, 0.1) is 0 Å². The van der Waals surface area contributed by atoms with E-state index in [0.717, 1.165) is 18.6 Å². The lowest BCUT2D eigenvalue weighted by molar-refractivity contribution is 0.0993. The van der Waals surface area contributed by atoms with E-state index in [-0.39, 0.29) is 0 Å². The molecule has 0 spiro atoms. The molecule has 3 heteroatoms. The second-order valence-corrected chi connectivity index (χ2v) is 5.82. The Morgan fingerprint density at radius 2 is 2.18 bits per heavy atom. The summed E-state index contributed by atoms with van der Waals surface area (Å²) in [7, 11) is 1.80. The van der Waals surface area contributed by atoms with Crippen molar-refractivity contribution in [3.05, 3.63) is 0 Å². The molecule has 2 rings (SSSR count). The number of hydrogen-bond donors (Lipinski definition) is 1. The highest BCUT2D eigenvalue weighted by atomic mass is 16.5. The second-order valence-electron chi connectivity index (χ2n) is 5.82. The van der Waals surface area contributed by atoms with Crippen LogP contribution in [0.2, 0.25) is 0 Å². The van der Waals surface area contributed by atoms with E-state index >= 15 is 0 Å². The number of likely N-dealkylation sites (tertiary alicyclic amines) is 1. The molecule has 1 aliphatic heterocycles. The van der Waals surface area contributed by atoms with Crippen molar-refractivity contribution in [2.75, 3.05) is 33.4 Å². The number of rotatable bonds is 7. The van der Waals surface area contributed by atoms with Crippen LogP contribution in [0.3, 0.4) is 0 Å². The standard InChI is InChI=1S/C14H28N2O/c1-12(7-9-17-2)16-8-3-4-13(11-16)10-15-14-5-6-14/h12-15H,3-11H2,1-2H3. The van der Waals surface area contributed by atoms with Crippen molar-refractivity contribution < 1.29 is 4.74 Å². The molecule has 0 aromatic rings. The van der Waals surface area contributed by atoms with Crippen molar-refractivity contribution in [1.29, 1.82) is 0 Å². The smallest absolute Gasteiger partial charge is 0.0477 e. The Labute approximate surface area is 106 Å². The second kappa shape index (κ2) is 6.72. The zero-order chi connectivity index (χ0) is 12.1. The van der Waals surface area contributed by atoms with E-state index in [2.05, 4.69) is 17.1 Å². The molecule has 0 amide bonds. The van der Waals surface area contributed by atoms with Crippen molar-refractivity contribution in [3.8, 4) is 0 Å².